The zero-order valence-corrected chi connectivity index (χ0v) is 19.8. The van der Waals surface area contributed by atoms with E-state index in [1.807, 2.05) is 43.0 Å². The molecule has 0 bridgehead atoms. The minimum absolute atomic E-state index is 0.0672. The van der Waals surface area contributed by atoms with Crippen LogP contribution in [0.5, 0.6) is 0 Å². The number of nitrogens with zero attached hydrogens (tertiary/aromatic N) is 2. The van der Waals surface area contributed by atoms with E-state index in [0.29, 0.717) is 24.3 Å². The molecule has 2 aromatic rings. The number of pyridine rings is 1. The Bertz CT molecular complexity index is 1030. The summed E-state index contributed by atoms with van der Waals surface area (Å²) in [7, 11) is 0. The lowest BCUT2D eigenvalue weighted by molar-refractivity contribution is -0.143. The quantitative estimate of drug-likeness (QED) is 0.706. The Hall–Kier alpha value is -2.69. The second kappa shape index (κ2) is 8.58. The minimum Gasteiger partial charge on any atom is -0.353 e. The van der Waals surface area contributed by atoms with Gasteiger partial charge in [0.25, 0.3) is 0 Å². The first kappa shape index (κ1) is 22.1. The van der Waals surface area contributed by atoms with Gasteiger partial charge in [-0.2, -0.15) is 0 Å². The maximum Gasteiger partial charge on any atom is 0.228 e. The third-order valence-corrected chi connectivity index (χ3v) is 8.16. The minimum atomic E-state index is -0.608. The Morgan fingerprint density at radius 1 is 1.09 bits per heavy atom. The first-order valence-corrected chi connectivity index (χ1v) is 12.5. The smallest absolute Gasteiger partial charge is 0.228 e. The van der Waals surface area contributed by atoms with E-state index in [1.54, 1.807) is 12.4 Å². The van der Waals surface area contributed by atoms with Crippen molar-refractivity contribution >= 4 is 11.8 Å². The second-order valence-corrected chi connectivity index (χ2v) is 10.8. The van der Waals surface area contributed by atoms with Crippen LogP contribution in [-0.2, 0) is 16.0 Å². The Morgan fingerprint density at radius 2 is 1.85 bits per heavy atom. The number of piperidine rings is 1. The highest BCUT2D eigenvalue weighted by molar-refractivity contribution is 5.87. The Labute approximate surface area is 197 Å². The third kappa shape index (κ3) is 4.18. The lowest BCUT2D eigenvalue weighted by Crippen LogP contribution is -2.56. The van der Waals surface area contributed by atoms with E-state index in [9.17, 15) is 9.59 Å². The average molecular weight is 446 g/mol. The number of hydrogen-bond acceptors (Lipinski definition) is 3. The summed E-state index contributed by atoms with van der Waals surface area (Å²) in [6.07, 6.45) is 10.6. The summed E-state index contributed by atoms with van der Waals surface area (Å²) in [6.45, 7) is 5.30. The van der Waals surface area contributed by atoms with Crippen molar-refractivity contribution in [3.63, 3.8) is 0 Å². The Kier molecular flexibility index (Phi) is 5.75. The van der Waals surface area contributed by atoms with Crippen molar-refractivity contribution in [2.75, 3.05) is 13.1 Å². The molecule has 174 valence electrons. The highest BCUT2D eigenvalue weighted by Crippen LogP contribution is 2.66. The summed E-state index contributed by atoms with van der Waals surface area (Å²) in [4.78, 5) is 33.3. The molecule has 1 aliphatic heterocycles. The summed E-state index contributed by atoms with van der Waals surface area (Å²) >= 11 is 0. The maximum atomic E-state index is 13.7. The largest absolute Gasteiger partial charge is 0.353 e. The van der Waals surface area contributed by atoms with E-state index >= 15 is 0 Å². The van der Waals surface area contributed by atoms with Crippen molar-refractivity contribution in [1.82, 2.24) is 15.2 Å². The molecule has 1 aromatic heterocycles. The predicted molar refractivity (Wildman–Crippen MR) is 129 cm³/mol. The van der Waals surface area contributed by atoms with Gasteiger partial charge >= 0.3 is 0 Å². The van der Waals surface area contributed by atoms with Gasteiger partial charge in [0, 0.05) is 37.4 Å². The Balaban J connectivity index is 1.44. The van der Waals surface area contributed by atoms with Gasteiger partial charge in [-0.3, -0.25) is 14.6 Å². The number of nitrogens with one attached hydrogen (secondary N) is 1. The molecule has 5 rings (SSSR count). The van der Waals surface area contributed by atoms with Crippen LogP contribution in [-0.4, -0.2) is 40.8 Å². The van der Waals surface area contributed by atoms with Gasteiger partial charge in [0.2, 0.25) is 11.8 Å². The normalized spacial score (nSPS) is 25.5. The third-order valence-electron chi connectivity index (χ3n) is 8.16. The molecule has 5 nitrogen and oxygen atoms in total. The summed E-state index contributed by atoms with van der Waals surface area (Å²) in [6, 6.07) is 12.4. The van der Waals surface area contributed by atoms with Crippen LogP contribution >= 0.6 is 0 Å². The maximum absolute atomic E-state index is 13.7. The number of amides is 2. The van der Waals surface area contributed by atoms with Crippen LogP contribution in [0.4, 0.5) is 0 Å². The van der Waals surface area contributed by atoms with E-state index in [-0.39, 0.29) is 17.9 Å². The first-order chi connectivity index (χ1) is 15.9. The number of rotatable bonds is 6. The van der Waals surface area contributed by atoms with Crippen molar-refractivity contribution in [3.05, 3.63) is 54.4 Å². The SMILES string of the molecule is CC(C)NC(=O)[C@]1(Cc2ccccc2-c2ccncc2)CCCN(C(=O)[C@@H]2CC23CCC3)C1. The molecule has 1 saturated heterocycles. The molecule has 0 unspecified atom stereocenters. The number of benzene rings is 1. The fourth-order valence-corrected chi connectivity index (χ4v) is 6.10. The highest BCUT2D eigenvalue weighted by atomic mass is 16.2. The van der Waals surface area contributed by atoms with Gasteiger partial charge in [-0.05, 0) is 86.6 Å². The molecule has 3 fully saturated rings. The highest BCUT2D eigenvalue weighted by Gasteiger charge is 2.62. The molecule has 1 N–H and O–H groups in total. The molecule has 33 heavy (non-hydrogen) atoms. The summed E-state index contributed by atoms with van der Waals surface area (Å²) in [5.41, 5.74) is 3.09. The van der Waals surface area contributed by atoms with Crippen LogP contribution in [0, 0.1) is 16.7 Å². The van der Waals surface area contributed by atoms with Crippen LogP contribution in [0.3, 0.4) is 0 Å². The second-order valence-electron chi connectivity index (χ2n) is 10.8. The molecule has 2 amide bonds. The van der Waals surface area contributed by atoms with Gasteiger partial charge in [-0.15, -0.1) is 0 Å². The van der Waals surface area contributed by atoms with Crippen LogP contribution in [0.25, 0.3) is 11.1 Å². The fourth-order valence-electron chi connectivity index (χ4n) is 6.10. The molecule has 2 aliphatic carbocycles. The number of hydrogen-bond donors (Lipinski definition) is 1. The zero-order valence-electron chi connectivity index (χ0n) is 19.8. The van der Waals surface area contributed by atoms with Gasteiger partial charge in [0.15, 0.2) is 0 Å². The van der Waals surface area contributed by atoms with Gasteiger partial charge in [-0.1, -0.05) is 30.7 Å². The standard InChI is InChI=1S/C28H35N3O2/c1-20(2)30-26(33)28(17-22-7-3-4-8-23(22)21-9-14-29-15-10-21)13-6-16-31(19-28)25(32)24-18-27(24)11-5-12-27/h3-4,7-10,14-15,20,24H,5-6,11-13,16-19H2,1-2H3,(H,30,33)/t24-,28-/m0/s1. The molecule has 1 aromatic carbocycles. The van der Waals surface area contributed by atoms with E-state index in [2.05, 4.69) is 22.4 Å². The molecule has 1 spiro atoms. The van der Waals surface area contributed by atoms with Crippen molar-refractivity contribution in [3.8, 4) is 11.1 Å². The molecule has 2 atom stereocenters. The van der Waals surface area contributed by atoms with Crippen molar-refractivity contribution in [2.24, 2.45) is 16.7 Å². The average Bonchev–Trinajstić information content (AvgIpc) is 3.56. The molecule has 3 aliphatic rings. The number of likely N-dealkylation sites (tertiary alicyclic amines) is 1. The number of aromatic nitrogens is 1. The first-order valence-electron chi connectivity index (χ1n) is 12.5. The van der Waals surface area contributed by atoms with Crippen LogP contribution in [0.1, 0.15) is 57.9 Å². The molecule has 0 radical (unpaired) electrons. The molecular formula is C28H35N3O2. The molecule has 2 heterocycles. The van der Waals surface area contributed by atoms with Gasteiger partial charge in [-0.25, -0.2) is 0 Å². The number of carbonyl (C=O) groups is 2. The predicted octanol–water partition coefficient (Wildman–Crippen LogP) is 4.61. The van der Waals surface area contributed by atoms with E-state index in [4.69, 9.17) is 0 Å². The molecule has 2 saturated carbocycles. The van der Waals surface area contributed by atoms with Crippen LogP contribution in [0.15, 0.2) is 48.8 Å². The topological polar surface area (TPSA) is 62.3 Å². The summed E-state index contributed by atoms with van der Waals surface area (Å²) in [5, 5.41) is 3.19. The lowest BCUT2D eigenvalue weighted by atomic mass is 9.72. The van der Waals surface area contributed by atoms with Crippen molar-refractivity contribution < 1.29 is 9.59 Å². The Morgan fingerprint density at radius 3 is 2.52 bits per heavy atom. The lowest BCUT2D eigenvalue weighted by Gasteiger charge is -2.43. The van der Waals surface area contributed by atoms with Crippen LogP contribution in [0.2, 0.25) is 0 Å². The summed E-state index contributed by atoms with van der Waals surface area (Å²) in [5.74, 6) is 0.562. The van der Waals surface area contributed by atoms with E-state index in [0.717, 1.165) is 42.5 Å². The number of carbonyl (C=O) groups excluding carboxylic acids is 2. The molecule has 5 heteroatoms. The van der Waals surface area contributed by atoms with E-state index in [1.165, 1.54) is 19.3 Å². The van der Waals surface area contributed by atoms with Crippen molar-refractivity contribution in [1.29, 1.82) is 0 Å². The van der Waals surface area contributed by atoms with Crippen molar-refractivity contribution in [2.45, 2.75) is 64.8 Å². The zero-order chi connectivity index (χ0) is 23.1. The van der Waals surface area contributed by atoms with Gasteiger partial charge in [0.1, 0.15) is 0 Å². The van der Waals surface area contributed by atoms with Crippen LogP contribution < -0.4 is 5.32 Å². The van der Waals surface area contributed by atoms with Gasteiger partial charge < -0.3 is 10.2 Å². The van der Waals surface area contributed by atoms with E-state index < -0.39 is 5.41 Å². The molecular weight excluding hydrogens is 410 g/mol. The fraction of sp³-hybridized carbons (Fsp3) is 0.536. The summed E-state index contributed by atoms with van der Waals surface area (Å²) < 4.78 is 0. The monoisotopic (exact) mass is 445 g/mol. The van der Waals surface area contributed by atoms with Gasteiger partial charge in [0.05, 0.1) is 5.41 Å².